The lowest BCUT2D eigenvalue weighted by atomic mass is 10.1. The molecule has 5 nitrogen and oxygen atoms in total. The van der Waals surface area contributed by atoms with Crippen LogP contribution in [0.2, 0.25) is 0 Å². The van der Waals surface area contributed by atoms with Crippen LogP contribution in [0.1, 0.15) is 15.9 Å². The van der Waals surface area contributed by atoms with Gasteiger partial charge in [-0.1, -0.05) is 12.1 Å². The minimum atomic E-state index is -0.309. The molecule has 1 heterocycles. The third kappa shape index (κ3) is 3.36. The first-order chi connectivity index (χ1) is 9.67. The molecule has 0 N–H and O–H groups in total. The number of hydrogen-bond acceptors (Lipinski definition) is 5. The zero-order valence-corrected chi connectivity index (χ0v) is 12.2. The normalized spacial score (nSPS) is 22.9. The van der Waals surface area contributed by atoms with Gasteiger partial charge in [-0.2, -0.15) is 0 Å². The third-order valence-corrected chi connectivity index (χ3v) is 3.68. The Morgan fingerprint density at radius 3 is 2.10 bits per heavy atom. The van der Waals surface area contributed by atoms with Gasteiger partial charge >= 0.3 is 5.97 Å². The molecule has 2 unspecified atom stereocenters. The van der Waals surface area contributed by atoms with Crippen LogP contribution in [0.25, 0.3) is 0 Å². The Hall–Kier alpha value is -1.43. The Kier molecular flexibility index (Phi) is 5.11. The van der Waals surface area contributed by atoms with Gasteiger partial charge in [0.15, 0.2) is 0 Å². The van der Waals surface area contributed by atoms with Gasteiger partial charge in [-0.05, 0) is 17.7 Å². The summed E-state index contributed by atoms with van der Waals surface area (Å²) in [6.45, 7) is 2.53. The summed E-state index contributed by atoms with van der Waals surface area (Å²) < 4.78 is 15.5. The Bertz CT molecular complexity index is 434. The summed E-state index contributed by atoms with van der Waals surface area (Å²) in [5.74, 6) is -0.309. The van der Waals surface area contributed by atoms with E-state index < -0.39 is 0 Å². The summed E-state index contributed by atoms with van der Waals surface area (Å²) in [5, 5.41) is 0. The molecule has 0 bridgehead atoms. The van der Waals surface area contributed by atoms with Crippen LogP contribution in [0.3, 0.4) is 0 Å². The monoisotopic (exact) mass is 279 g/mol. The summed E-state index contributed by atoms with van der Waals surface area (Å²) in [7, 11) is 4.81. The highest BCUT2D eigenvalue weighted by Gasteiger charge is 2.32. The van der Waals surface area contributed by atoms with Crippen molar-refractivity contribution in [2.45, 2.75) is 18.8 Å². The lowest BCUT2D eigenvalue weighted by molar-refractivity contribution is -0.00461. The van der Waals surface area contributed by atoms with Crippen LogP contribution in [0, 0.1) is 0 Å². The summed E-state index contributed by atoms with van der Waals surface area (Å²) in [6.07, 6.45) is 0.240. The molecule has 1 aromatic rings. The van der Waals surface area contributed by atoms with E-state index in [-0.39, 0.29) is 18.2 Å². The maximum atomic E-state index is 11.4. The molecule has 2 atom stereocenters. The predicted molar refractivity (Wildman–Crippen MR) is 74.7 cm³/mol. The molecule has 0 amide bonds. The van der Waals surface area contributed by atoms with Gasteiger partial charge in [0, 0.05) is 33.9 Å². The summed E-state index contributed by atoms with van der Waals surface area (Å²) in [5.41, 5.74) is 1.73. The van der Waals surface area contributed by atoms with Crippen molar-refractivity contribution >= 4 is 5.97 Å². The van der Waals surface area contributed by atoms with Crippen LogP contribution in [0.15, 0.2) is 24.3 Å². The maximum Gasteiger partial charge on any atom is 0.337 e. The molecule has 5 heteroatoms. The van der Waals surface area contributed by atoms with Crippen LogP contribution < -0.4 is 0 Å². The van der Waals surface area contributed by atoms with E-state index in [2.05, 4.69) is 9.64 Å². The van der Waals surface area contributed by atoms with Crippen LogP contribution in [-0.4, -0.2) is 57.5 Å². The highest BCUT2D eigenvalue weighted by molar-refractivity contribution is 5.89. The zero-order chi connectivity index (χ0) is 14.5. The number of carbonyl (C=O) groups excluding carboxylic acids is 1. The average molecular weight is 279 g/mol. The molecule has 0 radical (unpaired) electrons. The molecule has 0 spiro atoms. The number of likely N-dealkylation sites (tertiary alicyclic amines) is 1. The molecule has 2 rings (SSSR count). The molecule has 1 saturated heterocycles. The summed E-state index contributed by atoms with van der Waals surface area (Å²) in [4.78, 5) is 13.7. The number of esters is 1. The van der Waals surface area contributed by atoms with Gasteiger partial charge in [0.1, 0.15) is 0 Å². The molecule has 1 fully saturated rings. The molecule has 1 aliphatic rings. The highest BCUT2D eigenvalue weighted by atomic mass is 16.5. The highest BCUT2D eigenvalue weighted by Crippen LogP contribution is 2.18. The number of methoxy groups -OCH3 is 3. The molecule has 0 aliphatic carbocycles. The third-order valence-electron chi connectivity index (χ3n) is 3.68. The van der Waals surface area contributed by atoms with Crippen molar-refractivity contribution in [1.82, 2.24) is 4.90 Å². The summed E-state index contributed by atoms with van der Waals surface area (Å²) in [6, 6.07) is 7.49. The van der Waals surface area contributed by atoms with E-state index in [9.17, 15) is 4.79 Å². The fourth-order valence-electron chi connectivity index (χ4n) is 2.52. The number of rotatable bonds is 5. The van der Waals surface area contributed by atoms with Gasteiger partial charge < -0.3 is 14.2 Å². The topological polar surface area (TPSA) is 48.0 Å². The fraction of sp³-hybridized carbons (Fsp3) is 0.533. The fourth-order valence-corrected chi connectivity index (χ4v) is 2.52. The molecule has 0 saturated carbocycles. The molecular weight excluding hydrogens is 258 g/mol. The van der Waals surface area contributed by atoms with Crippen molar-refractivity contribution in [3.63, 3.8) is 0 Å². The number of benzene rings is 1. The second kappa shape index (κ2) is 6.83. The number of carbonyl (C=O) groups is 1. The van der Waals surface area contributed by atoms with Gasteiger partial charge in [-0.3, -0.25) is 4.90 Å². The van der Waals surface area contributed by atoms with Crippen molar-refractivity contribution in [1.29, 1.82) is 0 Å². The minimum absolute atomic E-state index is 0.120. The zero-order valence-electron chi connectivity index (χ0n) is 12.2. The SMILES string of the molecule is COC(=O)c1ccc(CN2CC(OC)C(OC)C2)cc1. The van der Waals surface area contributed by atoms with E-state index in [1.54, 1.807) is 26.4 Å². The molecule has 0 aromatic heterocycles. The average Bonchev–Trinajstić information content (AvgIpc) is 2.89. The van der Waals surface area contributed by atoms with Crippen LogP contribution in [-0.2, 0) is 20.8 Å². The van der Waals surface area contributed by atoms with Crippen molar-refractivity contribution in [2.75, 3.05) is 34.4 Å². The maximum absolute atomic E-state index is 11.4. The molecule has 20 heavy (non-hydrogen) atoms. The van der Waals surface area contributed by atoms with E-state index in [0.717, 1.165) is 25.2 Å². The van der Waals surface area contributed by atoms with Crippen molar-refractivity contribution in [2.24, 2.45) is 0 Å². The Balaban J connectivity index is 1.96. The number of ether oxygens (including phenoxy) is 3. The molecule has 1 aliphatic heterocycles. The minimum Gasteiger partial charge on any atom is -0.465 e. The van der Waals surface area contributed by atoms with Crippen molar-refractivity contribution < 1.29 is 19.0 Å². The lowest BCUT2D eigenvalue weighted by Gasteiger charge is -2.15. The van der Waals surface area contributed by atoms with E-state index in [1.165, 1.54) is 7.11 Å². The van der Waals surface area contributed by atoms with E-state index >= 15 is 0 Å². The smallest absolute Gasteiger partial charge is 0.337 e. The van der Waals surface area contributed by atoms with Gasteiger partial charge in [0.2, 0.25) is 0 Å². The number of nitrogens with zero attached hydrogens (tertiary/aromatic N) is 1. The van der Waals surface area contributed by atoms with Crippen molar-refractivity contribution in [3.05, 3.63) is 35.4 Å². The first-order valence-electron chi connectivity index (χ1n) is 6.63. The largest absolute Gasteiger partial charge is 0.465 e. The molecule has 110 valence electrons. The van der Waals surface area contributed by atoms with E-state index in [4.69, 9.17) is 9.47 Å². The first-order valence-corrected chi connectivity index (χ1v) is 6.63. The summed E-state index contributed by atoms with van der Waals surface area (Å²) >= 11 is 0. The quantitative estimate of drug-likeness (QED) is 0.761. The van der Waals surface area contributed by atoms with Gasteiger partial charge in [0.05, 0.1) is 24.9 Å². The Morgan fingerprint density at radius 1 is 1.10 bits per heavy atom. The Morgan fingerprint density at radius 2 is 1.65 bits per heavy atom. The first kappa shape index (κ1) is 15.0. The second-order valence-corrected chi connectivity index (χ2v) is 4.93. The Labute approximate surface area is 119 Å². The lowest BCUT2D eigenvalue weighted by Crippen LogP contribution is -2.27. The van der Waals surface area contributed by atoms with Gasteiger partial charge in [-0.15, -0.1) is 0 Å². The van der Waals surface area contributed by atoms with Gasteiger partial charge in [-0.25, -0.2) is 4.79 Å². The second-order valence-electron chi connectivity index (χ2n) is 4.93. The van der Waals surface area contributed by atoms with Gasteiger partial charge in [0.25, 0.3) is 0 Å². The van der Waals surface area contributed by atoms with Crippen LogP contribution >= 0.6 is 0 Å². The molecular formula is C15H21NO4. The standard InChI is InChI=1S/C15H21NO4/c1-18-13-9-16(10-14(13)19-2)8-11-4-6-12(7-5-11)15(17)20-3/h4-7,13-14H,8-10H2,1-3H3. The van der Waals surface area contributed by atoms with E-state index in [1.807, 2.05) is 12.1 Å². The number of hydrogen-bond donors (Lipinski definition) is 0. The molecule has 1 aromatic carbocycles. The van der Waals surface area contributed by atoms with Crippen molar-refractivity contribution in [3.8, 4) is 0 Å². The van der Waals surface area contributed by atoms with Crippen LogP contribution in [0.5, 0.6) is 0 Å². The predicted octanol–water partition coefficient (Wildman–Crippen LogP) is 1.32. The van der Waals surface area contributed by atoms with E-state index in [0.29, 0.717) is 5.56 Å². The van der Waals surface area contributed by atoms with Crippen LogP contribution in [0.4, 0.5) is 0 Å².